The molecule has 2 aliphatic rings. The van der Waals surface area contributed by atoms with Crippen LogP contribution in [0.1, 0.15) is 37.3 Å². The molecule has 2 aromatic rings. The standard InChI is InChI=1S/C24H30N2O2/c1-18(2)28-23-11-7-6-10-20(23)17-25-12-14-26(15-13-25)24(27)22-16-21(22)19-8-4-3-5-9-19/h3-11,18,21-22H,12-17H2,1-2H3. The molecule has 0 aromatic heterocycles. The largest absolute Gasteiger partial charge is 0.491 e. The van der Waals surface area contributed by atoms with Crippen LogP contribution in [-0.2, 0) is 11.3 Å². The highest BCUT2D eigenvalue weighted by Crippen LogP contribution is 2.48. The Kier molecular flexibility index (Phi) is 5.67. The zero-order valence-electron chi connectivity index (χ0n) is 16.9. The summed E-state index contributed by atoms with van der Waals surface area (Å²) in [5.74, 6) is 1.93. The van der Waals surface area contributed by atoms with Crippen LogP contribution in [0.15, 0.2) is 54.6 Å². The van der Waals surface area contributed by atoms with Gasteiger partial charge in [-0.3, -0.25) is 9.69 Å². The molecule has 2 atom stereocenters. The fourth-order valence-electron chi connectivity index (χ4n) is 4.14. The first-order chi connectivity index (χ1) is 13.6. The molecule has 148 valence electrons. The number of hydrogen-bond acceptors (Lipinski definition) is 3. The molecule has 1 aliphatic carbocycles. The molecule has 4 heteroatoms. The van der Waals surface area contributed by atoms with Crippen LogP contribution in [0.4, 0.5) is 0 Å². The van der Waals surface area contributed by atoms with Crippen molar-refractivity contribution < 1.29 is 9.53 Å². The Labute approximate surface area is 168 Å². The number of nitrogens with zero attached hydrogens (tertiary/aromatic N) is 2. The van der Waals surface area contributed by atoms with Crippen molar-refractivity contribution >= 4 is 5.91 Å². The maximum Gasteiger partial charge on any atom is 0.226 e. The summed E-state index contributed by atoms with van der Waals surface area (Å²) in [7, 11) is 0. The van der Waals surface area contributed by atoms with E-state index in [1.165, 1.54) is 11.1 Å². The number of carbonyl (C=O) groups excluding carboxylic acids is 1. The maximum absolute atomic E-state index is 12.9. The van der Waals surface area contributed by atoms with Crippen molar-refractivity contribution in [3.8, 4) is 5.75 Å². The summed E-state index contributed by atoms with van der Waals surface area (Å²) >= 11 is 0. The van der Waals surface area contributed by atoms with Crippen molar-refractivity contribution in [1.29, 1.82) is 0 Å². The van der Waals surface area contributed by atoms with Crippen LogP contribution in [0, 0.1) is 5.92 Å². The summed E-state index contributed by atoms with van der Waals surface area (Å²) < 4.78 is 5.95. The minimum Gasteiger partial charge on any atom is -0.491 e. The third-order valence-electron chi connectivity index (χ3n) is 5.75. The minimum absolute atomic E-state index is 0.173. The van der Waals surface area contributed by atoms with Crippen molar-refractivity contribution in [2.45, 2.75) is 38.8 Å². The molecule has 0 spiro atoms. The summed E-state index contributed by atoms with van der Waals surface area (Å²) in [5.41, 5.74) is 2.53. The predicted molar refractivity (Wildman–Crippen MR) is 111 cm³/mol. The van der Waals surface area contributed by atoms with Gasteiger partial charge in [-0.2, -0.15) is 0 Å². The number of para-hydroxylation sites is 1. The second-order valence-corrected chi connectivity index (χ2v) is 8.24. The zero-order chi connectivity index (χ0) is 19.5. The lowest BCUT2D eigenvalue weighted by Crippen LogP contribution is -2.48. The monoisotopic (exact) mass is 378 g/mol. The van der Waals surface area contributed by atoms with E-state index in [2.05, 4.69) is 60.0 Å². The molecule has 28 heavy (non-hydrogen) atoms. The smallest absolute Gasteiger partial charge is 0.226 e. The molecule has 1 aliphatic heterocycles. The third-order valence-corrected chi connectivity index (χ3v) is 5.75. The summed E-state index contributed by atoms with van der Waals surface area (Å²) in [6.45, 7) is 8.48. The van der Waals surface area contributed by atoms with Crippen molar-refractivity contribution in [1.82, 2.24) is 9.80 Å². The molecule has 1 amide bonds. The van der Waals surface area contributed by atoms with Gasteiger partial charge in [0.05, 0.1) is 6.10 Å². The normalized spacial score (nSPS) is 22.3. The van der Waals surface area contributed by atoms with Gasteiger partial charge in [-0.25, -0.2) is 0 Å². The summed E-state index contributed by atoms with van der Waals surface area (Å²) in [6.07, 6.45) is 1.18. The Morgan fingerprint density at radius 3 is 2.39 bits per heavy atom. The number of carbonyl (C=O) groups is 1. The molecule has 0 radical (unpaired) electrons. The fraction of sp³-hybridized carbons (Fsp3) is 0.458. The second-order valence-electron chi connectivity index (χ2n) is 8.24. The Morgan fingerprint density at radius 1 is 1.00 bits per heavy atom. The van der Waals surface area contributed by atoms with E-state index in [1.807, 2.05) is 18.2 Å². The van der Waals surface area contributed by atoms with Crippen molar-refractivity contribution in [2.75, 3.05) is 26.2 Å². The van der Waals surface area contributed by atoms with Gasteiger partial charge in [0.2, 0.25) is 5.91 Å². The average Bonchev–Trinajstić information content (AvgIpc) is 3.51. The maximum atomic E-state index is 12.9. The third kappa shape index (κ3) is 4.39. The molecule has 1 saturated carbocycles. The lowest BCUT2D eigenvalue weighted by molar-refractivity contribution is -0.134. The van der Waals surface area contributed by atoms with Crippen LogP contribution in [0.3, 0.4) is 0 Å². The highest BCUT2D eigenvalue weighted by Gasteiger charge is 2.45. The quantitative estimate of drug-likeness (QED) is 0.764. The van der Waals surface area contributed by atoms with Crippen LogP contribution < -0.4 is 4.74 Å². The highest BCUT2D eigenvalue weighted by molar-refractivity contribution is 5.83. The molecule has 1 heterocycles. The zero-order valence-corrected chi connectivity index (χ0v) is 16.9. The Bertz CT molecular complexity index is 797. The van der Waals surface area contributed by atoms with E-state index < -0.39 is 0 Å². The second kappa shape index (κ2) is 8.36. The number of rotatable bonds is 6. The number of hydrogen-bond donors (Lipinski definition) is 0. The molecule has 2 aromatic carbocycles. The van der Waals surface area contributed by atoms with Gasteiger partial charge < -0.3 is 9.64 Å². The van der Waals surface area contributed by atoms with Crippen molar-refractivity contribution in [3.63, 3.8) is 0 Å². The number of ether oxygens (including phenoxy) is 1. The van der Waals surface area contributed by atoms with Gasteiger partial charge in [0, 0.05) is 44.2 Å². The summed E-state index contributed by atoms with van der Waals surface area (Å²) in [5, 5.41) is 0. The van der Waals surface area contributed by atoms with E-state index in [0.717, 1.165) is 44.9 Å². The lowest BCUT2D eigenvalue weighted by Gasteiger charge is -2.35. The minimum atomic E-state index is 0.173. The summed E-state index contributed by atoms with van der Waals surface area (Å²) in [4.78, 5) is 17.4. The molecule has 2 unspecified atom stereocenters. The average molecular weight is 379 g/mol. The van der Waals surface area contributed by atoms with Crippen LogP contribution in [-0.4, -0.2) is 48.0 Å². The van der Waals surface area contributed by atoms with Crippen LogP contribution in [0.25, 0.3) is 0 Å². The van der Waals surface area contributed by atoms with Gasteiger partial charge in [0.1, 0.15) is 5.75 Å². The van der Waals surface area contributed by atoms with Gasteiger partial charge in [0.25, 0.3) is 0 Å². The first kappa shape index (κ1) is 19.0. The van der Waals surface area contributed by atoms with Gasteiger partial charge in [-0.1, -0.05) is 48.5 Å². The number of amides is 1. The molecular formula is C24H30N2O2. The van der Waals surface area contributed by atoms with E-state index in [1.54, 1.807) is 0 Å². The summed E-state index contributed by atoms with van der Waals surface area (Å²) in [6, 6.07) is 18.7. The topological polar surface area (TPSA) is 32.8 Å². The molecule has 4 rings (SSSR count). The van der Waals surface area contributed by atoms with E-state index in [0.29, 0.717) is 11.8 Å². The molecular weight excluding hydrogens is 348 g/mol. The van der Waals surface area contributed by atoms with Crippen molar-refractivity contribution in [3.05, 3.63) is 65.7 Å². The lowest BCUT2D eigenvalue weighted by atomic mass is 10.1. The van der Waals surface area contributed by atoms with Crippen LogP contribution >= 0.6 is 0 Å². The molecule has 1 saturated heterocycles. The van der Waals surface area contributed by atoms with E-state index in [4.69, 9.17) is 4.74 Å². The SMILES string of the molecule is CC(C)Oc1ccccc1CN1CCN(C(=O)C2CC2c2ccccc2)CC1. The van der Waals surface area contributed by atoms with Crippen molar-refractivity contribution in [2.24, 2.45) is 5.92 Å². The Balaban J connectivity index is 1.29. The first-order valence-corrected chi connectivity index (χ1v) is 10.4. The number of piperazine rings is 1. The first-order valence-electron chi connectivity index (χ1n) is 10.4. The van der Waals surface area contributed by atoms with Crippen LogP contribution in [0.2, 0.25) is 0 Å². The van der Waals surface area contributed by atoms with Gasteiger partial charge in [-0.05, 0) is 37.8 Å². The van der Waals surface area contributed by atoms with Gasteiger partial charge in [-0.15, -0.1) is 0 Å². The molecule has 0 bridgehead atoms. The van der Waals surface area contributed by atoms with E-state index >= 15 is 0 Å². The Morgan fingerprint density at radius 2 is 1.68 bits per heavy atom. The number of benzene rings is 2. The molecule has 2 fully saturated rings. The predicted octanol–water partition coefficient (Wildman–Crippen LogP) is 3.92. The van der Waals surface area contributed by atoms with Crippen LogP contribution in [0.5, 0.6) is 5.75 Å². The fourth-order valence-corrected chi connectivity index (χ4v) is 4.14. The van der Waals surface area contributed by atoms with E-state index in [-0.39, 0.29) is 12.0 Å². The highest BCUT2D eigenvalue weighted by atomic mass is 16.5. The molecule has 4 nitrogen and oxygen atoms in total. The van der Waals surface area contributed by atoms with E-state index in [9.17, 15) is 4.79 Å². The molecule has 0 N–H and O–H groups in total. The van der Waals surface area contributed by atoms with Gasteiger partial charge >= 0.3 is 0 Å². The van der Waals surface area contributed by atoms with Gasteiger partial charge in [0.15, 0.2) is 0 Å². The Hall–Kier alpha value is -2.33.